The molecular weight excluding hydrogens is 286 g/mol. The quantitative estimate of drug-likeness (QED) is 0.773. The van der Waals surface area contributed by atoms with Gasteiger partial charge in [0.05, 0.1) is 6.04 Å². The summed E-state index contributed by atoms with van der Waals surface area (Å²) in [4.78, 5) is 0. The Kier molecular flexibility index (Phi) is 3.86. The molecule has 0 saturated carbocycles. The molecule has 1 aromatic heterocycles. The van der Waals surface area contributed by atoms with E-state index in [2.05, 4.69) is 0 Å². The monoisotopic (exact) mass is 301 g/mol. The van der Waals surface area contributed by atoms with Gasteiger partial charge in [-0.2, -0.15) is 0 Å². The van der Waals surface area contributed by atoms with Crippen molar-refractivity contribution >= 4 is 22.6 Å². The molecule has 21 heavy (non-hydrogen) atoms. The molecule has 0 aliphatic heterocycles. The Bertz CT molecular complexity index is 749. The van der Waals surface area contributed by atoms with Crippen LogP contribution in [-0.4, -0.2) is 6.61 Å². The molecule has 3 aromatic rings. The maximum absolute atomic E-state index is 6.14. The van der Waals surface area contributed by atoms with E-state index in [1.54, 1.807) is 12.1 Å². The number of ether oxygens (including phenoxy) is 1. The molecule has 1 atom stereocenters. The summed E-state index contributed by atoms with van der Waals surface area (Å²) in [7, 11) is 0. The molecule has 108 valence electrons. The van der Waals surface area contributed by atoms with Gasteiger partial charge >= 0.3 is 0 Å². The van der Waals surface area contributed by atoms with Gasteiger partial charge in [0, 0.05) is 10.4 Å². The molecule has 0 radical (unpaired) electrons. The Labute approximate surface area is 128 Å². The highest BCUT2D eigenvalue weighted by atomic mass is 35.5. The Balaban J connectivity index is 1.73. The van der Waals surface area contributed by atoms with Gasteiger partial charge < -0.3 is 14.9 Å². The molecule has 2 aromatic carbocycles. The second kappa shape index (κ2) is 5.80. The van der Waals surface area contributed by atoms with Crippen LogP contribution in [0.4, 0.5) is 0 Å². The highest BCUT2D eigenvalue weighted by Gasteiger charge is 2.13. The summed E-state index contributed by atoms with van der Waals surface area (Å²) in [6, 6.07) is 14.9. The highest BCUT2D eigenvalue weighted by molar-refractivity contribution is 6.30. The normalized spacial score (nSPS) is 12.5. The average molecular weight is 302 g/mol. The van der Waals surface area contributed by atoms with Crippen molar-refractivity contribution in [3.63, 3.8) is 0 Å². The minimum Gasteiger partial charge on any atom is -0.491 e. The predicted molar refractivity (Wildman–Crippen MR) is 84.8 cm³/mol. The van der Waals surface area contributed by atoms with Crippen LogP contribution >= 0.6 is 11.6 Å². The molecule has 3 rings (SSSR count). The molecule has 1 unspecified atom stereocenters. The summed E-state index contributed by atoms with van der Waals surface area (Å²) in [5, 5.41) is 1.74. The van der Waals surface area contributed by atoms with Crippen LogP contribution in [-0.2, 0) is 0 Å². The fraction of sp³-hybridized carbons (Fsp3) is 0.176. The van der Waals surface area contributed by atoms with E-state index in [1.807, 2.05) is 43.3 Å². The lowest BCUT2D eigenvalue weighted by Crippen LogP contribution is -2.18. The van der Waals surface area contributed by atoms with Gasteiger partial charge in [-0.15, -0.1) is 0 Å². The van der Waals surface area contributed by atoms with Crippen molar-refractivity contribution in [1.29, 1.82) is 0 Å². The maximum atomic E-state index is 6.14. The minimum atomic E-state index is -0.313. The maximum Gasteiger partial charge on any atom is 0.137 e. The number of benzene rings is 2. The number of hydrogen-bond acceptors (Lipinski definition) is 3. The third-order valence-corrected chi connectivity index (χ3v) is 3.62. The zero-order chi connectivity index (χ0) is 14.8. The Morgan fingerprint density at radius 1 is 1.19 bits per heavy atom. The van der Waals surface area contributed by atoms with Crippen LogP contribution in [0.1, 0.15) is 17.4 Å². The number of hydrogen-bond donors (Lipinski definition) is 1. The smallest absolute Gasteiger partial charge is 0.137 e. The third-order valence-electron chi connectivity index (χ3n) is 3.37. The number of rotatable bonds is 4. The second-order valence-electron chi connectivity index (χ2n) is 5.01. The van der Waals surface area contributed by atoms with Crippen molar-refractivity contribution < 1.29 is 9.15 Å². The average Bonchev–Trinajstić information content (AvgIpc) is 2.92. The molecule has 0 aliphatic carbocycles. The molecule has 0 fully saturated rings. The number of halogens is 1. The van der Waals surface area contributed by atoms with Crippen LogP contribution < -0.4 is 10.5 Å². The van der Waals surface area contributed by atoms with Gasteiger partial charge in [-0.05, 0) is 42.8 Å². The first-order valence-corrected chi connectivity index (χ1v) is 7.14. The number of para-hydroxylation sites is 1. The minimum absolute atomic E-state index is 0.313. The van der Waals surface area contributed by atoms with Crippen LogP contribution in [0.2, 0.25) is 5.02 Å². The van der Waals surface area contributed by atoms with Crippen LogP contribution in [0.5, 0.6) is 5.75 Å². The largest absolute Gasteiger partial charge is 0.491 e. The summed E-state index contributed by atoms with van der Waals surface area (Å²) < 4.78 is 11.5. The molecule has 0 amide bonds. The SMILES string of the molecule is Cc1cccc2cc(C(N)COc3ccc(Cl)cc3)oc12. The molecule has 0 bridgehead atoms. The van der Waals surface area contributed by atoms with E-state index < -0.39 is 0 Å². The van der Waals surface area contributed by atoms with Gasteiger partial charge in [-0.1, -0.05) is 29.8 Å². The first-order valence-electron chi connectivity index (χ1n) is 6.76. The van der Waals surface area contributed by atoms with E-state index in [9.17, 15) is 0 Å². The van der Waals surface area contributed by atoms with E-state index in [0.29, 0.717) is 11.6 Å². The van der Waals surface area contributed by atoms with Gasteiger partial charge in [-0.25, -0.2) is 0 Å². The summed E-state index contributed by atoms with van der Waals surface area (Å²) in [6.45, 7) is 2.37. The lowest BCUT2D eigenvalue weighted by Gasteiger charge is -2.11. The van der Waals surface area contributed by atoms with E-state index in [-0.39, 0.29) is 6.04 Å². The highest BCUT2D eigenvalue weighted by Crippen LogP contribution is 2.26. The summed E-state index contributed by atoms with van der Waals surface area (Å²) in [6.07, 6.45) is 0. The third kappa shape index (κ3) is 3.04. The van der Waals surface area contributed by atoms with E-state index in [1.165, 1.54) is 0 Å². The van der Waals surface area contributed by atoms with Crippen molar-refractivity contribution in [2.75, 3.05) is 6.61 Å². The molecule has 3 nitrogen and oxygen atoms in total. The zero-order valence-electron chi connectivity index (χ0n) is 11.7. The number of aryl methyl sites for hydroxylation is 1. The first-order chi connectivity index (χ1) is 10.1. The van der Waals surface area contributed by atoms with Gasteiger partial charge in [0.15, 0.2) is 0 Å². The number of nitrogens with two attached hydrogens (primary N) is 1. The standard InChI is InChI=1S/C17H16ClNO2/c1-11-3-2-4-12-9-16(21-17(11)12)15(19)10-20-14-7-5-13(18)6-8-14/h2-9,15H,10,19H2,1H3. The Morgan fingerprint density at radius 2 is 1.95 bits per heavy atom. The molecule has 0 aliphatic rings. The van der Waals surface area contributed by atoms with Crippen molar-refractivity contribution in [2.45, 2.75) is 13.0 Å². The van der Waals surface area contributed by atoms with Crippen molar-refractivity contribution in [2.24, 2.45) is 5.73 Å². The molecule has 4 heteroatoms. The van der Waals surface area contributed by atoms with Gasteiger partial charge in [0.2, 0.25) is 0 Å². The Hall–Kier alpha value is -1.97. The van der Waals surface area contributed by atoms with Crippen LogP contribution in [0.15, 0.2) is 52.9 Å². The fourth-order valence-electron chi connectivity index (χ4n) is 2.21. The van der Waals surface area contributed by atoms with Gasteiger partial charge in [0.1, 0.15) is 23.7 Å². The number of furan rings is 1. The van der Waals surface area contributed by atoms with Crippen LogP contribution in [0.25, 0.3) is 11.0 Å². The molecule has 1 heterocycles. The van der Waals surface area contributed by atoms with E-state index in [4.69, 9.17) is 26.5 Å². The van der Waals surface area contributed by atoms with Crippen molar-refractivity contribution in [3.8, 4) is 5.75 Å². The van der Waals surface area contributed by atoms with E-state index in [0.717, 1.165) is 28.0 Å². The lowest BCUT2D eigenvalue weighted by atomic mass is 10.1. The Morgan fingerprint density at radius 3 is 2.67 bits per heavy atom. The lowest BCUT2D eigenvalue weighted by molar-refractivity contribution is 0.275. The molecular formula is C17H16ClNO2. The topological polar surface area (TPSA) is 48.4 Å². The van der Waals surface area contributed by atoms with Gasteiger partial charge in [0.25, 0.3) is 0 Å². The van der Waals surface area contributed by atoms with Crippen LogP contribution in [0.3, 0.4) is 0 Å². The van der Waals surface area contributed by atoms with Crippen LogP contribution in [0, 0.1) is 6.92 Å². The van der Waals surface area contributed by atoms with Crippen molar-refractivity contribution in [3.05, 3.63) is 64.9 Å². The first kappa shape index (κ1) is 14.0. The van der Waals surface area contributed by atoms with Gasteiger partial charge in [-0.3, -0.25) is 0 Å². The number of fused-ring (bicyclic) bond motifs is 1. The second-order valence-corrected chi connectivity index (χ2v) is 5.45. The fourth-order valence-corrected chi connectivity index (χ4v) is 2.34. The molecule has 2 N–H and O–H groups in total. The predicted octanol–water partition coefficient (Wildman–Crippen LogP) is 4.47. The molecule has 0 spiro atoms. The molecule has 0 saturated heterocycles. The zero-order valence-corrected chi connectivity index (χ0v) is 12.4. The summed E-state index contributed by atoms with van der Waals surface area (Å²) in [5.41, 5.74) is 8.13. The van der Waals surface area contributed by atoms with Crippen molar-refractivity contribution in [1.82, 2.24) is 0 Å². The summed E-state index contributed by atoms with van der Waals surface area (Å²) in [5.74, 6) is 1.47. The summed E-state index contributed by atoms with van der Waals surface area (Å²) >= 11 is 5.83. The van der Waals surface area contributed by atoms with E-state index >= 15 is 0 Å².